The van der Waals surface area contributed by atoms with Crippen molar-refractivity contribution in [1.82, 2.24) is 9.80 Å². The summed E-state index contributed by atoms with van der Waals surface area (Å²) in [7, 11) is 0. The van der Waals surface area contributed by atoms with E-state index in [0.29, 0.717) is 30.0 Å². The molecule has 0 bridgehead atoms. The summed E-state index contributed by atoms with van der Waals surface area (Å²) in [6, 6.07) is 22.6. The number of benzene rings is 3. The Morgan fingerprint density at radius 1 is 0.842 bits per heavy atom. The molecule has 3 aromatic rings. The summed E-state index contributed by atoms with van der Waals surface area (Å²) in [5.74, 6) is -1.11. The van der Waals surface area contributed by atoms with Crippen molar-refractivity contribution in [1.29, 1.82) is 0 Å². The monoisotopic (exact) mass is 528 g/mol. The summed E-state index contributed by atoms with van der Waals surface area (Å²) in [4.78, 5) is 44.2. The average Bonchev–Trinajstić information content (AvgIpc) is 3.14. The maximum Gasteiger partial charge on any atom is 0.283 e. The smallest absolute Gasteiger partial charge is 0.283 e. The van der Waals surface area contributed by atoms with Gasteiger partial charge in [0.05, 0.1) is 5.69 Å². The van der Waals surface area contributed by atoms with Crippen LogP contribution in [0.3, 0.4) is 0 Å². The van der Waals surface area contributed by atoms with E-state index in [2.05, 4.69) is 22.3 Å². The normalized spacial score (nSPS) is 16.4. The second-order valence-corrected chi connectivity index (χ2v) is 10.0. The number of aryl methyl sites for hydroxylation is 2. The molecule has 1 saturated heterocycles. The number of piperazine rings is 1. The van der Waals surface area contributed by atoms with Gasteiger partial charge >= 0.3 is 0 Å². The van der Waals surface area contributed by atoms with Crippen LogP contribution in [0.5, 0.6) is 0 Å². The number of nitrogens with zero attached hydrogens (tertiary/aromatic N) is 3. The molecule has 2 aliphatic rings. The van der Waals surface area contributed by atoms with E-state index >= 15 is 0 Å². The summed E-state index contributed by atoms with van der Waals surface area (Å²) < 4.78 is 0. The molecule has 8 heteroatoms. The van der Waals surface area contributed by atoms with Gasteiger partial charge in [0, 0.05) is 44.0 Å². The lowest BCUT2D eigenvalue weighted by Crippen LogP contribution is -2.48. The fourth-order valence-corrected chi connectivity index (χ4v) is 4.90. The molecule has 0 unspecified atom stereocenters. The number of nitrogens with one attached hydrogen (secondary N) is 1. The Morgan fingerprint density at radius 3 is 2.18 bits per heavy atom. The minimum absolute atomic E-state index is 0.0171. The van der Waals surface area contributed by atoms with Crippen LogP contribution in [-0.2, 0) is 16.1 Å². The van der Waals surface area contributed by atoms with Crippen molar-refractivity contribution in [2.45, 2.75) is 20.4 Å². The van der Waals surface area contributed by atoms with Gasteiger partial charge < -0.3 is 10.2 Å². The quantitative estimate of drug-likeness (QED) is 0.470. The van der Waals surface area contributed by atoms with Crippen molar-refractivity contribution in [2.24, 2.45) is 0 Å². The predicted octanol–water partition coefficient (Wildman–Crippen LogP) is 4.70. The number of carbonyl (C=O) groups excluding carboxylic acids is 3. The van der Waals surface area contributed by atoms with Crippen LogP contribution in [-0.4, -0.2) is 53.7 Å². The maximum atomic E-state index is 13.1. The number of hydrogen-bond acceptors (Lipinski definition) is 5. The Hall–Kier alpha value is -3.94. The Balaban J connectivity index is 1.20. The van der Waals surface area contributed by atoms with Crippen LogP contribution in [0.25, 0.3) is 0 Å². The predicted molar refractivity (Wildman–Crippen MR) is 149 cm³/mol. The molecule has 0 atom stereocenters. The molecule has 38 heavy (non-hydrogen) atoms. The first-order valence-electron chi connectivity index (χ1n) is 12.6. The van der Waals surface area contributed by atoms with Crippen LogP contribution in [0.2, 0.25) is 0 Å². The summed E-state index contributed by atoms with van der Waals surface area (Å²) in [5, 5.41) is 2.81. The first-order valence-corrected chi connectivity index (χ1v) is 13.0. The molecule has 0 aromatic heterocycles. The average molecular weight is 529 g/mol. The van der Waals surface area contributed by atoms with E-state index in [-0.39, 0.29) is 16.6 Å². The van der Waals surface area contributed by atoms with Crippen LogP contribution < -0.4 is 10.2 Å². The maximum absolute atomic E-state index is 13.1. The third-order valence-electron chi connectivity index (χ3n) is 7.09. The van der Waals surface area contributed by atoms with E-state index in [9.17, 15) is 14.4 Å². The van der Waals surface area contributed by atoms with E-state index < -0.39 is 11.8 Å². The molecular formula is C30H29ClN4O3. The minimum atomic E-state index is -0.569. The number of carbonyl (C=O) groups is 3. The van der Waals surface area contributed by atoms with Gasteiger partial charge in [-0.1, -0.05) is 48.0 Å². The van der Waals surface area contributed by atoms with Crippen LogP contribution in [0.1, 0.15) is 27.0 Å². The topological polar surface area (TPSA) is 73.0 Å². The van der Waals surface area contributed by atoms with Crippen LogP contribution in [0.4, 0.5) is 11.4 Å². The zero-order valence-electron chi connectivity index (χ0n) is 21.4. The van der Waals surface area contributed by atoms with Gasteiger partial charge in [0.1, 0.15) is 10.7 Å². The molecule has 3 amide bonds. The van der Waals surface area contributed by atoms with Crippen LogP contribution in [0, 0.1) is 13.8 Å². The van der Waals surface area contributed by atoms with Gasteiger partial charge in [0.15, 0.2) is 0 Å². The molecule has 1 fully saturated rings. The van der Waals surface area contributed by atoms with Gasteiger partial charge in [0.2, 0.25) is 0 Å². The van der Waals surface area contributed by atoms with Crippen LogP contribution in [0.15, 0.2) is 83.5 Å². The van der Waals surface area contributed by atoms with Crippen molar-refractivity contribution in [3.8, 4) is 0 Å². The Morgan fingerprint density at radius 2 is 1.53 bits per heavy atom. The van der Waals surface area contributed by atoms with Crippen molar-refractivity contribution < 1.29 is 14.4 Å². The molecule has 1 N–H and O–H groups in total. The molecule has 5 rings (SSSR count). The Labute approximate surface area is 227 Å². The van der Waals surface area contributed by atoms with Crippen molar-refractivity contribution in [2.75, 3.05) is 36.4 Å². The van der Waals surface area contributed by atoms with E-state index in [0.717, 1.165) is 35.7 Å². The van der Waals surface area contributed by atoms with Gasteiger partial charge in [0.25, 0.3) is 17.7 Å². The molecular weight excluding hydrogens is 500 g/mol. The molecule has 0 aliphatic carbocycles. The number of imide groups is 1. The first-order chi connectivity index (χ1) is 18.3. The lowest BCUT2D eigenvalue weighted by atomic mass is 10.1. The minimum Gasteiger partial charge on any atom is -0.350 e. The largest absolute Gasteiger partial charge is 0.350 e. The standard InChI is InChI=1S/C30H29ClN4O3/c1-20-8-13-25(18-21(20)2)35-29(37)26(31)27(30(35)38)32-24-11-9-23(10-12-24)28(36)34-16-14-33(15-17-34)19-22-6-4-3-5-7-22/h3-13,18,32H,14-17,19H2,1-2H3. The lowest BCUT2D eigenvalue weighted by molar-refractivity contribution is -0.120. The summed E-state index contributed by atoms with van der Waals surface area (Å²) in [6.07, 6.45) is 0. The molecule has 7 nitrogen and oxygen atoms in total. The van der Waals surface area contributed by atoms with Gasteiger partial charge in [-0.2, -0.15) is 0 Å². The number of anilines is 2. The first kappa shape index (κ1) is 25.7. The molecule has 2 heterocycles. The third-order valence-corrected chi connectivity index (χ3v) is 7.44. The third kappa shape index (κ3) is 5.21. The van der Waals surface area contributed by atoms with Gasteiger partial charge in [-0.3, -0.25) is 19.3 Å². The number of rotatable bonds is 6. The number of amides is 3. The Bertz CT molecular complexity index is 1410. The number of hydrogen-bond donors (Lipinski definition) is 1. The highest BCUT2D eigenvalue weighted by molar-refractivity contribution is 6.53. The summed E-state index contributed by atoms with van der Waals surface area (Å²) in [5.41, 5.74) is 4.92. The lowest BCUT2D eigenvalue weighted by Gasteiger charge is -2.34. The van der Waals surface area contributed by atoms with Gasteiger partial charge in [-0.05, 0) is 66.9 Å². The molecule has 194 valence electrons. The second-order valence-electron chi connectivity index (χ2n) is 9.66. The fourth-order valence-electron chi connectivity index (χ4n) is 4.68. The van der Waals surface area contributed by atoms with E-state index in [1.165, 1.54) is 5.56 Å². The van der Waals surface area contributed by atoms with E-state index in [1.807, 2.05) is 43.0 Å². The van der Waals surface area contributed by atoms with E-state index in [4.69, 9.17) is 11.6 Å². The molecule has 0 saturated carbocycles. The highest BCUT2D eigenvalue weighted by atomic mass is 35.5. The summed E-state index contributed by atoms with van der Waals surface area (Å²) >= 11 is 6.28. The summed E-state index contributed by atoms with van der Waals surface area (Å²) in [6.45, 7) is 7.74. The SMILES string of the molecule is Cc1ccc(N2C(=O)C(Cl)=C(Nc3ccc(C(=O)N4CCN(Cc5ccccc5)CC4)cc3)C2=O)cc1C. The second kappa shape index (κ2) is 10.8. The zero-order valence-corrected chi connectivity index (χ0v) is 22.2. The molecule has 3 aromatic carbocycles. The molecule has 2 aliphatic heterocycles. The highest BCUT2D eigenvalue weighted by Gasteiger charge is 2.39. The van der Waals surface area contributed by atoms with Crippen LogP contribution >= 0.6 is 11.6 Å². The van der Waals surface area contributed by atoms with Crippen molar-refractivity contribution >= 4 is 40.7 Å². The molecule has 0 radical (unpaired) electrons. The van der Waals surface area contributed by atoms with E-state index in [1.54, 1.807) is 36.4 Å². The number of halogens is 1. The van der Waals surface area contributed by atoms with Gasteiger partial charge in [-0.25, -0.2) is 4.90 Å². The highest BCUT2D eigenvalue weighted by Crippen LogP contribution is 2.31. The van der Waals surface area contributed by atoms with Crippen molar-refractivity contribution in [3.05, 3.63) is 106 Å². The molecule has 0 spiro atoms. The fraction of sp³-hybridized carbons (Fsp3) is 0.233. The van der Waals surface area contributed by atoms with Gasteiger partial charge in [-0.15, -0.1) is 0 Å². The zero-order chi connectivity index (χ0) is 26.8. The Kier molecular flexibility index (Phi) is 7.31. The van der Waals surface area contributed by atoms with Crippen molar-refractivity contribution in [3.63, 3.8) is 0 Å².